The number of carbonyl (C=O) groups excluding carboxylic acids is 2. The molecule has 126 valence electrons. The summed E-state index contributed by atoms with van der Waals surface area (Å²) in [6.45, 7) is -0.408. The molecular weight excluding hydrogens is 302 g/mol. The third-order valence-electron chi connectivity index (χ3n) is 4.15. The van der Waals surface area contributed by atoms with Crippen LogP contribution in [0.4, 0.5) is 0 Å². The average Bonchev–Trinajstić information content (AvgIpc) is 2.56. The fourth-order valence-electron chi connectivity index (χ4n) is 2.71. The molecule has 1 aromatic carbocycles. The minimum atomic E-state index is -0.860. The second kappa shape index (κ2) is 7.21. The molecule has 3 N–H and O–H groups in total. The summed E-state index contributed by atoms with van der Waals surface area (Å²) in [4.78, 5) is 25.6. The average molecular weight is 323 g/mol. The lowest BCUT2D eigenvalue weighted by molar-refractivity contribution is -0.135. The number of benzene rings is 1. The predicted octanol–water partition coefficient (Wildman–Crippen LogP) is 1.75. The molecule has 1 aliphatic carbocycles. The molecule has 0 unspecified atom stereocenters. The highest BCUT2D eigenvalue weighted by Crippen LogP contribution is 2.35. The highest BCUT2D eigenvalue weighted by atomic mass is 16.5. The maximum Gasteiger partial charge on any atom is 0.338 e. The third kappa shape index (κ3) is 4.06. The number of aromatic hydroxyl groups is 3. The van der Waals surface area contributed by atoms with E-state index in [-0.39, 0.29) is 17.5 Å². The van der Waals surface area contributed by atoms with Gasteiger partial charge in [-0.25, -0.2) is 4.79 Å². The molecule has 0 aliphatic heterocycles. The van der Waals surface area contributed by atoms with Gasteiger partial charge in [0, 0.05) is 13.1 Å². The molecule has 1 aromatic rings. The van der Waals surface area contributed by atoms with Crippen LogP contribution < -0.4 is 0 Å². The Morgan fingerprint density at radius 2 is 1.70 bits per heavy atom. The molecule has 1 aliphatic rings. The Kier molecular flexibility index (Phi) is 5.31. The Bertz CT molecular complexity index is 571. The standard InChI is InChI=1S/C16H21NO6/c1-17(11-5-3-2-4-6-11)14(20)9-23-16(22)10-7-12(18)15(21)13(19)8-10/h7-8,11,18-19,21H,2-6,9H2,1H3. The van der Waals surface area contributed by atoms with Gasteiger partial charge in [0.2, 0.25) is 0 Å². The van der Waals surface area contributed by atoms with Crippen LogP contribution in [0.25, 0.3) is 0 Å². The van der Waals surface area contributed by atoms with E-state index in [9.17, 15) is 24.9 Å². The summed E-state index contributed by atoms with van der Waals surface area (Å²) in [5.74, 6) is -3.14. The van der Waals surface area contributed by atoms with Gasteiger partial charge in [-0.2, -0.15) is 0 Å². The summed E-state index contributed by atoms with van der Waals surface area (Å²) < 4.78 is 4.92. The van der Waals surface area contributed by atoms with Gasteiger partial charge in [-0.05, 0) is 25.0 Å². The molecule has 0 radical (unpaired) electrons. The van der Waals surface area contributed by atoms with Crippen molar-refractivity contribution in [2.75, 3.05) is 13.7 Å². The van der Waals surface area contributed by atoms with Gasteiger partial charge in [0.25, 0.3) is 5.91 Å². The van der Waals surface area contributed by atoms with Crippen LogP contribution in [-0.2, 0) is 9.53 Å². The number of ether oxygens (including phenoxy) is 1. The van der Waals surface area contributed by atoms with Crippen molar-refractivity contribution in [3.63, 3.8) is 0 Å². The van der Waals surface area contributed by atoms with Crippen molar-refractivity contribution in [1.29, 1.82) is 0 Å². The molecule has 0 aromatic heterocycles. The zero-order valence-electron chi connectivity index (χ0n) is 13.0. The maximum atomic E-state index is 12.1. The van der Waals surface area contributed by atoms with Crippen LogP contribution >= 0.6 is 0 Å². The lowest BCUT2D eigenvalue weighted by atomic mass is 9.94. The van der Waals surface area contributed by atoms with Crippen LogP contribution in [0.15, 0.2) is 12.1 Å². The van der Waals surface area contributed by atoms with Gasteiger partial charge in [0.1, 0.15) is 0 Å². The van der Waals surface area contributed by atoms with E-state index in [0.29, 0.717) is 0 Å². The van der Waals surface area contributed by atoms with E-state index >= 15 is 0 Å². The van der Waals surface area contributed by atoms with E-state index in [1.165, 1.54) is 6.42 Å². The van der Waals surface area contributed by atoms with Crippen molar-refractivity contribution in [3.05, 3.63) is 17.7 Å². The lowest BCUT2D eigenvalue weighted by Gasteiger charge is -2.31. The number of likely N-dealkylation sites (N-methyl/N-ethyl adjacent to an activating group) is 1. The quantitative estimate of drug-likeness (QED) is 0.575. The predicted molar refractivity (Wildman–Crippen MR) is 81.4 cm³/mol. The van der Waals surface area contributed by atoms with E-state index in [1.807, 2.05) is 0 Å². The number of esters is 1. The first-order chi connectivity index (χ1) is 10.9. The number of amides is 1. The molecule has 0 bridgehead atoms. The van der Waals surface area contributed by atoms with Gasteiger partial charge >= 0.3 is 5.97 Å². The molecular formula is C16H21NO6. The zero-order chi connectivity index (χ0) is 17.0. The van der Waals surface area contributed by atoms with Crippen molar-refractivity contribution < 1.29 is 29.6 Å². The summed E-state index contributed by atoms with van der Waals surface area (Å²) in [6.07, 6.45) is 5.27. The van der Waals surface area contributed by atoms with Gasteiger partial charge in [0.05, 0.1) is 5.56 Å². The van der Waals surface area contributed by atoms with Gasteiger partial charge in [0.15, 0.2) is 23.9 Å². The summed E-state index contributed by atoms with van der Waals surface area (Å²) >= 11 is 0. The van der Waals surface area contributed by atoms with E-state index in [1.54, 1.807) is 11.9 Å². The molecule has 1 fully saturated rings. The fraction of sp³-hybridized carbons (Fsp3) is 0.500. The second-order valence-corrected chi connectivity index (χ2v) is 5.74. The highest BCUT2D eigenvalue weighted by molar-refractivity contribution is 5.92. The molecule has 7 heteroatoms. The van der Waals surface area contributed by atoms with Crippen LogP contribution in [0.1, 0.15) is 42.5 Å². The molecule has 1 amide bonds. The van der Waals surface area contributed by atoms with E-state index in [4.69, 9.17) is 4.74 Å². The van der Waals surface area contributed by atoms with Gasteiger partial charge < -0.3 is 25.0 Å². The summed E-state index contributed by atoms with van der Waals surface area (Å²) in [6, 6.07) is 2.11. The van der Waals surface area contributed by atoms with E-state index < -0.39 is 29.8 Å². The van der Waals surface area contributed by atoms with Crippen molar-refractivity contribution in [2.24, 2.45) is 0 Å². The molecule has 7 nitrogen and oxygen atoms in total. The number of hydrogen-bond donors (Lipinski definition) is 3. The first kappa shape index (κ1) is 16.9. The van der Waals surface area contributed by atoms with Crippen LogP contribution in [0.2, 0.25) is 0 Å². The minimum Gasteiger partial charge on any atom is -0.504 e. The van der Waals surface area contributed by atoms with Crippen molar-refractivity contribution in [2.45, 2.75) is 38.1 Å². The zero-order valence-corrected chi connectivity index (χ0v) is 13.0. The molecule has 2 rings (SSSR count). The number of carbonyl (C=O) groups is 2. The third-order valence-corrected chi connectivity index (χ3v) is 4.15. The molecule has 0 heterocycles. The second-order valence-electron chi connectivity index (χ2n) is 5.74. The molecule has 0 saturated heterocycles. The van der Waals surface area contributed by atoms with Crippen LogP contribution in [0.5, 0.6) is 17.2 Å². The molecule has 23 heavy (non-hydrogen) atoms. The number of nitrogens with zero attached hydrogens (tertiary/aromatic N) is 1. The van der Waals surface area contributed by atoms with Crippen molar-refractivity contribution in [1.82, 2.24) is 4.90 Å². The maximum absolute atomic E-state index is 12.1. The number of hydrogen-bond acceptors (Lipinski definition) is 6. The fourth-order valence-corrected chi connectivity index (χ4v) is 2.71. The van der Waals surface area contributed by atoms with Gasteiger partial charge in [-0.3, -0.25) is 4.79 Å². The Morgan fingerprint density at radius 1 is 1.13 bits per heavy atom. The molecule has 1 saturated carbocycles. The topological polar surface area (TPSA) is 107 Å². The number of rotatable bonds is 4. The first-order valence-electron chi connectivity index (χ1n) is 7.58. The van der Waals surface area contributed by atoms with Crippen molar-refractivity contribution in [3.8, 4) is 17.2 Å². The lowest BCUT2D eigenvalue weighted by Crippen LogP contribution is -2.40. The monoisotopic (exact) mass is 323 g/mol. The van der Waals surface area contributed by atoms with Crippen LogP contribution in [-0.4, -0.2) is 51.8 Å². The Labute approximate surface area is 134 Å². The Balaban J connectivity index is 1.92. The van der Waals surface area contributed by atoms with Gasteiger partial charge in [-0.15, -0.1) is 0 Å². The van der Waals surface area contributed by atoms with Gasteiger partial charge in [-0.1, -0.05) is 19.3 Å². The summed E-state index contributed by atoms with van der Waals surface area (Å²) in [7, 11) is 1.70. The summed E-state index contributed by atoms with van der Waals surface area (Å²) in [5, 5.41) is 28.0. The largest absolute Gasteiger partial charge is 0.504 e. The normalized spacial score (nSPS) is 15.2. The number of phenolic OH excluding ortho intramolecular Hbond substituents is 3. The minimum absolute atomic E-state index is 0.147. The Hall–Kier alpha value is -2.44. The van der Waals surface area contributed by atoms with E-state index in [2.05, 4.69) is 0 Å². The van der Waals surface area contributed by atoms with E-state index in [0.717, 1.165) is 37.8 Å². The summed E-state index contributed by atoms with van der Waals surface area (Å²) in [5.41, 5.74) is -0.147. The molecule has 0 spiro atoms. The van der Waals surface area contributed by atoms with Crippen molar-refractivity contribution >= 4 is 11.9 Å². The SMILES string of the molecule is CN(C(=O)COC(=O)c1cc(O)c(O)c(O)c1)C1CCCCC1. The van der Waals surface area contributed by atoms with Crippen LogP contribution in [0.3, 0.4) is 0 Å². The first-order valence-corrected chi connectivity index (χ1v) is 7.58. The highest BCUT2D eigenvalue weighted by Gasteiger charge is 2.23. The van der Waals surface area contributed by atoms with Crippen LogP contribution in [0, 0.1) is 0 Å². The smallest absolute Gasteiger partial charge is 0.338 e. The Morgan fingerprint density at radius 3 is 2.26 bits per heavy atom. The molecule has 0 atom stereocenters. The number of phenols is 3.